The molecule has 0 radical (unpaired) electrons. The van der Waals surface area contributed by atoms with Crippen LogP contribution in [-0.4, -0.2) is 4.57 Å². The fourth-order valence-electron chi connectivity index (χ4n) is 6.36. The quantitative estimate of drug-likeness (QED) is 0.224. The number of fused-ring (bicyclic) bond motifs is 9. The molecule has 0 N–H and O–H groups in total. The van der Waals surface area contributed by atoms with E-state index in [9.17, 15) is 0 Å². The van der Waals surface area contributed by atoms with Crippen LogP contribution >= 0.6 is 11.3 Å². The van der Waals surface area contributed by atoms with Crippen molar-refractivity contribution in [2.45, 2.75) is 0 Å². The average Bonchev–Trinajstić information content (AvgIpc) is 3.66. The van der Waals surface area contributed by atoms with Crippen molar-refractivity contribution in [3.05, 3.63) is 127 Å². The highest BCUT2D eigenvalue weighted by Gasteiger charge is 2.18. The maximum atomic E-state index is 6.44. The second-order valence-corrected chi connectivity index (χ2v) is 11.2. The Bertz CT molecular complexity index is 2350. The molecule has 3 heteroatoms. The summed E-state index contributed by atoms with van der Waals surface area (Å²) in [7, 11) is 0. The van der Waals surface area contributed by atoms with E-state index >= 15 is 0 Å². The zero-order valence-corrected chi connectivity index (χ0v) is 21.7. The van der Waals surface area contributed by atoms with Crippen LogP contribution in [0.3, 0.4) is 0 Å². The van der Waals surface area contributed by atoms with E-state index in [1.165, 1.54) is 53.1 Å². The number of hydrogen-bond acceptors (Lipinski definition) is 2. The number of furan rings is 1. The SMILES string of the molecule is c1cc(-n2c3ccccc3c3ccccc32)c2c(c1)oc1ccc(-c3cccc4sc5ccccc5c34)cc12. The van der Waals surface area contributed by atoms with Gasteiger partial charge in [0.15, 0.2) is 0 Å². The Morgan fingerprint density at radius 1 is 0.487 bits per heavy atom. The van der Waals surface area contributed by atoms with Crippen molar-refractivity contribution in [1.82, 2.24) is 4.57 Å². The van der Waals surface area contributed by atoms with Gasteiger partial charge in [0.25, 0.3) is 0 Å². The lowest BCUT2D eigenvalue weighted by Gasteiger charge is -2.10. The molecular formula is C36H21NOS. The number of aromatic nitrogens is 1. The zero-order valence-electron chi connectivity index (χ0n) is 20.9. The van der Waals surface area contributed by atoms with Crippen molar-refractivity contribution in [1.29, 1.82) is 0 Å². The van der Waals surface area contributed by atoms with E-state index in [1.54, 1.807) is 0 Å². The van der Waals surface area contributed by atoms with Gasteiger partial charge >= 0.3 is 0 Å². The van der Waals surface area contributed by atoms with E-state index in [0.29, 0.717) is 0 Å². The summed E-state index contributed by atoms with van der Waals surface area (Å²) in [5.41, 5.74) is 7.81. The zero-order chi connectivity index (χ0) is 25.5. The predicted octanol–water partition coefficient (Wildman–Crippen LogP) is 10.7. The maximum absolute atomic E-state index is 6.44. The topological polar surface area (TPSA) is 18.1 Å². The minimum atomic E-state index is 0.903. The van der Waals surface area contributed by atoms with Crippen LogP contribution in [0.4, 0.5) is 0 Å². The van der Waals surface area contributed by atoms with Gasteiger partial charge in [0.1, 0.15) is 11.2 Å². The van der Waals surface area contributed by atoms with Crippen LogP contribution in [0.25, 0.3) is 80.7 Å². The molecule has 3 heterocycles. The summed E-state index contributed by atoms with van der Waals surface area (Å²) in [5, 5.41) is 7.44. The third-order valence-corrected chi connectivity index (χ3v) is 9.14. The van der Waals surface area contributed by atoms with Crippen molar-refractivity contribution >= 4 is 75.3 Å². The smallest absolute Gasteiger partial charge is 0.137 e. The summed E-state index contributed by atoms with van der Waals surface area (Å²) in [5.74, 6) is 0. The fraction of sp³-hybridized carbons (Fsp3) is 0. The molecule has 0 aliphatic rings. The first-order valence-electron chi connectivity index (χ1n) is 13.2. The first-order valence-corrected chi connectivity index (χ1v) is 14.0. The van der Waals surface area contributed by atoms with Crippen LogP contribution in [0.5, 0.6) is 0 Å². The molecule has 39 heavy (non-hydrogen) atoms. The van der Waals surface area contributed by atoms with Crippen LogP contribution in [0.2, 0.25) is 0 Å². The van der Waals surface area contributed by atoms with E-state index in [2.05, 4.69) is 132 Å². The van der Waals surface area contributed by atoms with Gasteiger partial charge in [-0.3, -0.25) is 0 Å². The summed E-state index contributed by atoms with van der Waals surface area (Å²) in [6.45, 7) is 0. The van der Waals surface area contributed by atoms with Crippen molar-refractivity contribution in [2.24, 2.45) is 0 Å². The number of hydrogen-bond donors (Lipinski definition) is 0. The number of rotatable bonds is 2. The Labute approximate surface area is 227 Å². The predicted molar refractivity (Wildman–Crippen MR) is 166 cm³/mol. The summed E-state index contributed by atoms with van der Waals surface area (Å²) < 4.78 is 11.5. The van der Waals surface area contributed by atoms with E-state index in [1.807, 2.05) is 11.3 Å². The fourth-order valence-corrected chi connectivity index (χ4v) is 7.49. The molecule has 0 fully saturated rings. The van der Waals surface area contributed by atoms with Crippen LogP contribution in [0.15, 0.2) is 132 Å². The summed E-state index contributed by atoms with van der Waals surface area (Å²) in [6, 6.07) is 45.8. The molecule has 3 aromatic heterocycles. The number of thiophene rings is 1. The summed E-state index contributed by atoms with van der Waals surface area (Å²) >= 11 is 1.86. The van der Waals surface area contributed by atoms with E-state index in [-0.39, 0.29) is 0 Å². The van der Waals surface area contributed by atoms with Gasteiger partial charge in [-0.1, -0.05) is 78.9 Å². The summed E-state index contributed by atoms with van der Waals surface area (Å²) in [6.07, 6.45) is 0. The number of nitrogens with zero attached hydrogens (tertiary/aromatic N) is 1. The largest absolute Gasteiger partial charge is 0.456 e. The lowest BCUT2D eigenvalue weighted by molar-refractivity contribution is 0.669. The van der Waals surface area contributed by atoms with Crippen LogP contribution < -0.4 is 0 Å². The van der Waals surface area contributed by atoms with E-state index in [4.69, 9.17) is 4.42 Å². The lowest BCUT2D eigenvalue weighted by atomic mass is 9.97. The van der Waals surface area contributed by atoms with Crippen LogP contribution in [0.1, 0.15) is 0 Å². The molecule has 0 amide bonds. The molecular weight excluding hydrogens is 494 g/mol. The van der Waals surface area contributed by atoms with Gasteiger partial charge in [-0.25, -0.2) is 0 Å². The van der Waals surface area contributed by atoms with Gasteiger partial charge in [0.2, 0.25) is 0 Å². The van der Waals surface area contributed by atoms with Crippen molar-refractivity contribution in [2.75, 3.05) is 0 Å². The van der Waals surface area contributed by atoms with Gasteiger partial charge in [-0.15, -0.1) is 11.3 Å². The third kappa shape index (κ3) is 2.91. The van der Waals surface area contributed by atoms with E-state index in [0.717, 1.165) is 27.6 Å². The van der Waals surface area contributed by atoms with Gasteiger partial charge in [0, 0.05) is 36.3 Å². The van der Waals surface area contributed by atoms with Crippen molar-refractivity contribution in [3.63, 3.8) is 0 Å². The monoisotopic (exact) mass is 515 g/mol. The summed E-state index contributed by atoms with van der Waals surface area (Å²) in [4.78, 5) is 0. The lowest BCUT2D eigenvalue weighted by Crippen LogP contribution is -1.94. The van der Waals surface area contributed by atoms with Gasteiger partial charge in [-0.05, 0) is 59.7 Å². The Morgan fingerprint density at radius 3 is 2.00 bits per heavy atom. The van der Waals surface area contributed by atoms with E-state index < -0.39 is 0 Å². The van der Waals surface area contributed by atoms with Gasteiger partial charge in [0.05, 0.1) is 22.1 Å². The Kier molecular flexibility index (Phi) is 4.24. The number of para-hydroxylation sites is 2. The molecule has 0 spiro atoms. The Morgan fingerprint density at radius 2 is 1.18 bits per heavy atom. The highest BCUT2D eigenvalue weighted by molar-refractivity contribution is 7.25. The average molecular weight is 516 g/mol. The first kappa shape index (κ1) is 21.1. The van der Waals surface area contributed by atoms with Gasteiger partial charge < -0.3 is 8.98 Å². The molecule has 6 aromatic carbocycles. The minimum absolute atomic E-state index is 0.903. The maximum Gasteiger partial charge on any atom is 0.137 e. The molecule has 182 valence electrons. The van der Waals surface area contributed by atoms with Crippen LogP contribution in [-0.2, 0) is 0 Å². The molecule has 0 atom stereocenters. The Hall–Kier alpha value is -4.86. The molecule has 9 rings (SSSR count). The second kappa shape index (κ2) is 7.83. The normalized spacial score (nSPS) is 12.1. The number of benzene rings is 6. The molecule has 0 unspecified atom stereocenters. The molecule has 0 bridgehead atoms. The molecule has 0 saturated heterocycles. The minimum Gasteiger partial charge on any atom is -0.456 e. The molecule has 0 saturated carbocycles. The Balaban J connectivity index is 1.38. The van der Waals surface area contributed by atoms with Crippen LogP contribution in [0, 0.1) is 0 Å². The standard InChI is InChI=1S/C36H21NOS/c1-4-13-28-24(9-1)25-10-2-5-14-29(25)37(28)30-15-8-16-32-36(30)27-21-22(19-20-31(27)38-32)23-12-7-18-34-35(23)26-11-3-6-17-33(26)39-34/h1-21H. The third-order valence-electron chi connectivity index (χ3n) is 8.01. The van der Waals surface area contributed by atoms with Gasteiger partial charge in [-0.2, -0.15) is 0 Å². The first-order chi connectivity index (χ1) is 19.3. The van der Waals surface area contributed by atoms with Crippen molar-refractivity contribution < 1.29 is 4.42 Å². The highest BCUT2D eigenvalue weighted by atomic mass is 32.1. The molecule has 9 aromatic rings. The molecule has 0 aliphatic carbocycles. The second-order valence-electron chi connectivity index (χ2n) is 10.1. The highest BCUT2D eigenvalue weighted by Crippen LogP contribution is 2.43. The van der Waals surface area contributed by atoms with Crippen molar-refractivity contribution in [3.8, 4) is 16.8 Å². The molecule has 0 aliphatic heterocycles. The molecule has 2 nitrogen and oxygen atoms in total.